The Kier molecular flexibility index (Phi) is 3.65. The third-order valence-electron chi connectivity index (χ3n) is 1.97. The summed E-state index contributed by atoms with van der Waals surface area (Å²) in [5.41, 5.74) is 2.53. The van der Waals surface area contributed by atoms with Crippen LogP contribution < -0.4 is 0 Å². The van der Waals surface area contributed by atoms with Crippen molar-refractivity contribution in [2.75, 3.05) is 14.2 Å². The highest BCUT2D eigenvalue weighted by atomic mass is 16.5. The molecule has 0 aromatic heterocycles. The minimum atomic E-state index is -0.322. The fourth-order valence-electron chi connectivity index (χ4n) is 1.31. The van der Waals surface area contributed by atoms with Gasteiger partial charge in [0.05, 0.1) is 19.3 Å². The number of esters is 1. The highest BCUT2D eigenvalue weighted by Crippen LogP contribution is 2.13. The lowest BCUT2D eigenvalue weighted by Gasteiger charge is -2.07. The molecule has 0 fully saturated rings. The summed E-state index contributed by atoms with van der Waals surface area (Å²) in [5, 5.41) is 0. The monoisotopic (exact) mass is 194 g/mol. The SMILES string of the molecule is COCc1cc(C)ccc1C(=O)OC. The Balaban J connectivity index is 3.07. The van der Waals surface area contributed by atoms with Crippen molar-refractivity contribution in [1.29, 1.82) is 0 Å². The summed E-state index contributed by atoms with van der Waals surface area (Å²) in [6, 6.07) is 5.57. The van der Waals surface area contributed by atoms with E-state index < -0.39 is 0 Å². The van der Waals surface area contributed by atoms with Crippen molar-refractivity contribution < 1.29 is 14.3 Å². The Morgan fingerprint density at radius 3 is 2.64 bits per heavy atom. The summed E-state index contributed by atoms with van der Waals surface area (Å²) in [5.74, 6) is -0.322. The quantitative estimate of drug-likeness (QED) is 0.690. The molecule has 0 aliphatic heterocycles. The second kappa shape index (κ2) is 4.77. The van der Waals surface area contributed by atoms with E-state index in [1.807, 2.05) is 19.1 Å². The fourth-order valence-corrected chi connectivity index (χ4v) is 1.31. The summed E-state index contributed by atoms with van der Waals surface area (Å²) in [4.78, 5) is 11.3. The molecular formula is C11H14O3. The number of benzene rings is 1. The molecule has 76 valence electrons. The number of rotatable bonds is 3. The van der Waals surface area contributed by atoms with Gasteiger partial charge in [0.2, 0.25) is 0 Å². The van der Waals surface area contributed by atoms with Crippen LogP contribution in [0.1, 0.15) is 21.5 Å². The predicted molar refractivity (Wildman–Crippen MR) is 53.2 cm³/mol. The minimum absolute atomic E-state index is 0.322. The molecule has 3 heteroatoms. The normalized spacial score (nSPS) is 9.93. The van der Waals surface area contributed by atoms with Crippen LogP contribution in [0.2, 0.25) is 0 Å². The number of carbonyl (C=O) groups is 1. The molecule has 0 saturated carbocycles. The average Bonchev–Trinajstić information content (AvgIpc) is 2.17. The van der Waals surface area contributed by atoms with Gasteiger partial charge in [-0.15, -0.1) is 0 Å². The summed E-state index contributed by atoms with van der Waals surface area (Å²) in [6.45, 7) is 2.40. The van der Waals surface area contributed by atoms with Gasteiger partial charge in [0.1, 0.15) is 0 Å². The standard InChI is InChI=1S/C11H14O3/c1-8-4-5-10(11(12)14-3)9(6-8)7-13-2/h4-6H,7H2,1-3H3. The molecule has 0 amide bonds. The van der Waals surface area contributed by atoms with E-state index in [-0.39, 0.29) is 5.97 Å². The Bertz CT molecular complexity index is 331. The van der Waals surface area contributed by atoms with Gasteiger partial charge in [-0.25, -0.2) is 4.79 Å². The molecule has 0 radical (unpaired) electrons. The largest absolute Gasteiger partial charge is 0.465 e. The van der Waals surface area contributed by atoms with Crippen LogP contribution in [0.25, 0.3) is 0 Å². The highest BCUT2D eigenvalue weighted by Gasteiger charge is 2.10. The summed E-state index contributed by atoms with van der Waals surface area (Å²) >= 11 is 0. The van der Waals surface area contributed by atoms with Crippen molar-refractivity contribution in [1.82, 2.24) is 0 Å². The predicted octanol–water partition coefficient (Wildman–Crippen LogP) is 1.93. The molecule has 1 aromatic rings. The minimum Gasteiger partial charge on any atom is -0.465 e. The van der Waals surface area contributed by atoms with E-state index in [0.717, 1.165) is 11.1 Å². The fraction of sp³-hybridized carbons (Fsp3) is 0.364. The molecule has 0 bridgehead atoms. The van der Waals surface area contributed by atoms with Gasteiger partial charge in [-0.05, 0) is 18.6 Å². The number of carbonyl (C=O) groups excluding carboxylic acids is 1. The van der Waals surface area contributed by atoms with Crippen molar-refractivity contribution in [2.45, 2.75) is 13.5 Å². The maximum atomic E-state index is 11.3. The van der Waals surface area contributed by atoms with E-state index >= 15 is 0 Å². The van der Waals surface area contributed by atoms with E-state index in [1.165, 1.54) is 7.11 Å². The zero-order valence-corrected chi connectivity index (χ0v) is 8.66. The van der Waals surface area contributed by atoms with Crippen LogP contribution in [0.4, 0.5) is 0 Å². The molecule has 3 nitrogen and oxygen atoms in total. The van der Waals surface area contributed by atoms with E-state index in [2.05, 4.69) is 4.74 Å². The molecule has 0 aliphatic carbocycles. The molecule has 1 aromatic carbocycles. The third kappa shape index (κ3) is 2.33. The summed E-state index contributed by atoms with van der Waals surface area (Å²) in [7, 11) is 2.97. The number of hydrogen-bond donors (Lipinski definition) is 0. The molecule has 0 atom stereocenters. The van der Waals surface area contributed by atoms with Crippen LogP contribution in [0.3, 0.4) is 0 Å². The highest BCUT2D eigenvalue weighted by molar-refractivity contribution is 5.91. The van der Waals surface area contributed by atoms with Crippen molar-refractivity contribution >= 4 is 5.97 Å². The van der Waals surface area contributed by atoms with Gasteiger partial charge in [-0.2, -0.15) is 0 Å². The first kappa shape index (κ1) is 10.7. The van der Waals surface area contributed by atoms with E-state index in [1.54, 1.807) is 13.2 Å². The van der Waals surface area contributed by atoms with Gasteiger partial charge in [0.25, 0.3) is 0 Å². The van der Waals surface area contributed by atoms with E-state index in [9.17, 15) is 4.79 Å². The first-order valence-corrected chi connectivity index (χ1v) is 4.36. The maximum absolute atomic E-state index is 11.3. The molecule has 0 unspecified atom stereocenters. The van der Waals surface area contributed by atoms with Gasteiger partial charge in [-0.1, -0.05) is 17.7 Å². The van der Waals surface area contributed by atoms with Gasteiger partial charge in [0.15, 0.2) is 0 Å². The second-order valence-electron chi connectivity index (χ2n) is 3.09. The van der Waals surface area contributed by atoms with Crippen LogP contribution in [0.15, 0.2) is 18.2 Å². The maximum Gasteiger partial charge on any atom is 0.338 e. The zero-order valence-electron chi connectivity index (χ0n) is 8.66. The van der Waals surface area contributed by atoms with Gasteiger partial charge in [-0.3, -0.25) is 0 Å². The molecule has 14 heavy (non-hydrogen) atoms. The van der Waals surface area contributed by atoms with Gasteiger partial charge >= 0.3 is 5.97 Å². The Morgan fingerprint density at radius 1 is 1.36 bits per heavy atom. The van der Waals surface area contributed by atoms with Crippen molar-refractivity contribution in [2.24, 2.45) is 0 Å². The number of ether oxygens (including phenoxy) is 2. The Labute approximate surface area is 83.6 Å². The molecule has 0 saturated heterocycles. The van der Waals surface area contributed by atoms with Gasteiger partial charge in [0, 0.05) is 7.11 Å². The molecule has 1 rings (SSSR count). The van der Waals surface area contributed by atoms with Crippen molar-refractivity contribution in [3.8, 4) is 0 Å². The smallest absolute Gasteiger partial charge is 0.338 e. The molecular weight excluding hydrogens is 180 g/mol. The third-order valence-corrected chi connectivity index (χ3v) is 1.97. The Hall–Kier alpha value is -1.35. The van der Waals surface area contributed by atoms with E-state index in [4.69, 9.17) is 4.74 Å². The van der Waals surface area contributed by atoms with Crippen LogP contribution in [-0.4, -0.2) is 20.2 Å². The lowest BCUT2D eigenvalue weighted by molar-refractivity contribution is 0.0596. The van der Waals surface area contributed by atoms with Crippen molar-refractivity contribution in [3.05, 3.63) is 34.9 Å². The van der Waals surface area contributed by atoms with Crippen LogP contribution in [0, 0.1) is 6.92 Å². The summed E-state index contributed by atoms with van der Waals surface area (Å²) < 4.78 is 9.68. The lowest BCUT2D eigenvalue weighted by Crippen LogP contribution is -2.06. The van der Waals surface area contributed by atoms with E-state index in [0.29, 0.717) is 12.2 Å². The number of aryl methyl sites for hydroxylation is 1. The van der Waals surface area contributed by atoms with Gasteiger partial charge < -0.3 is 9.47 Å². The van der Waals surface area contributed by atoms with Crippen LogP contribution in [0.5, 0.6) is 0 Å². The van der Waals surface area contributed by atoms with Crippen LogP contribution in [-0.2, 0) is 16.1 Å². The second-order valence-corrected chi connectivity index (χ2v) is 3.09. The zero-order chi connectivity index (χ0) is 10.6. The first-order chi connectivity index (χ1) is 6.69. The number of hydrogen-bond acceptors (Lipinski definition) is 3. The molecule has 0 heterocycles. The van der Waals surface area contributed by atoms with Crippen LogP contribution >= 0.6 is 0 Å². The lowest BCUT2D eigenvalue weighted by atomic mass is 10.1. The Morgan fingerprint density at radius 2 is 2.07 bits per heavy atom. The molecule has 0 N–H and O–H groups in total. The average molecular weight is 194 g/mol. The first-order valence-electron chi connectivity index (χ1n) is 4.36. The topological polar surface area (TPSA) is 35.5 Å². The molecule has 0 aliphatic rings. The summed E-state index contributed by atoms with van der Waals surface area (Å²) in [6.07, 6.45) is 0. The molecule has 0 spiro atoms. The number of methoxy groups -OCH3 is 2. The van der Waals surface area contributed by atoms with Crippen molar-refractivity contribution in [3.63, 3.8) is 0 Å².